The van der Waals surface area contributed by atoms with Crippen molar-refractivity contribution >= 4 is 5.91 Å². The third-order valence-electron chi connectivity index (χ3n) is 3.39. The van der Waals surface area contributed by atoms with Gasteiger partial charge in [-0.15, -0.1) is 0 Å². The van der Waals surface area contributed by atoms with E-state index >= 15 is 0 Å². The highest BCUT2D eigenvalue weighted by molar-refractivity contribution is 5.97. The summed E-state index contributed by atoms with van der Waals surface area (Å²) in [4.78, 5) is 12.4. The summed E-state index contributed by atoms with van der Waals surface area (Å²) < 4.78 is 10.6. The van der Waals surface area contributed by atoms with Crippen LogP contribution in [0.5, 0.6) is 11.5 Å². The van der Waals surface area contributed by atoms with E-state index in [4.69, 9.17) is 9.47 Å². The van der Waals surface area contributed by atoms with Crippen molar-refractivity contribution < 1.29 is 14.3 Å². The summed E-state index contributed by atoms with van der Waals surface area (Å²) in [7, 11) is 1.63. The topological polar surface area (TPSA) is 47.6 Å². The average Bonchev–Trinajstić information content (AvgIpc) is 2.55. The SMILES string of the molecule is CCOc1ccccc1C(=O)N[C@H](C)c1ccc(OC)cc1. The van der Waals surface area contributed by atoms with Crippen molar-refractivity contribution in [3.05, 3.63) is 59.7 Å². The van der Waals surface area contributed by atoms with Gasteiger partial charge in [-0.1, -0.05) is 24.3 Å². The van der Waals surface area contributed by atoms with E-state index in [9.17, 15) is 4.79 Å². The van der Waals surface area contributed by atoms with Crippen molar-refractivity contribution in [1.29, 1.82) is 0 Å². The van der Waals surface area contributed by atoms with Gasteiger partial charge in [-0.3, -0.25) is 4.79 Å². The highest BCUT2D eigenvalue weighted by atomic mass is 16.5. The molecule has 0 heterocycles. The first kappa shape index (κ1) is 15.9. The minimum Gasteiger partial charge on any atom is -0.497 e. The lowest BCUT2D eigenvalue weighted by Crippen LogP contribution is -2.27. The van der Waals surface area contributed by atoms with Gasteiger partial charge in [-0.2, -0.15) is 0 Å². The molecule has 0 aliphatic rings. The van der Waals surface area contributed by atoms with Gasteiger partial charge in [0.15, 0.2) is 0 Å². The van der Waals surface area contributed by atoms with Crippen LogP contribution in [0.4, 0.5) is 0 Å². The number of carbonyl (C=O) groups is 1. The van der Waals surface area contributed by atoms with Crippen molar-refractivity contribution in [3.8, 4) is 11.5 Å². The maximum atomic E-state index is 12.4. The molecule has 2 aromatic rings. The zero-order valence-electron chi connectivity index (χ0n) is 13.1. The molecule has 0 aromatic heterocycles. The van der Waals surface area contributed by atoms with Crippen molar-refractivity contribution in [1.82, 2.24) is 5.32 Å². The largest absolute Gasteiger partial charge is 0.497 e. The third-order valence-corrected chi connectivity index (χ3v) is 3.39. The minimum absolute atomic E-state index is 0.104. The van der Waals surface area contributed by atoms with E-state index < -0.39 is 0 Å². The van der Waals surface area contributed by atoms with E-state index in [1.54, 1.807) is 19.2 Å². The molecule has 4 nitrogen and oxygen atoms in total. The predicted molar refractivity (Wildman–Crippen MR) is 86.5 cm³/mol. The lowest BCUT2D eigenvalue weighted by Gasteiger charge is -2.16. The van der Waals surface area contributed by atoms with Crippen LogP contribution in [0.25, 0.3) is 0 Å². The maximum Gasteiger partial charge on any atom is 0.255 e. The predicted octanol–water partition coefficient (Wildman–Crippen LogP) is 3.58. The maximum absolute atomic E-state index is 12.4. The van der Waals surface area contributed by atoms with E-state index in [1.165, 1.54) is 0 Å². The fraction of sp³-hybridized carbons (Fsp3) is 0.278. The number of hydrogen-bond donors (Lipinski definition) is 1. The molecule has 4 heteroatoms. The second-order valence-electron chi connectivity index (χ2n) is 4.90. The zero-order chi connectivity index (χ0) is 15.9. The van der Waals surface area contributed by atoms with E-state index in [0.29, 0.717) is 17.9 Å². The van der Waals surface area contributed by atoms with Gasteiger partial charge in [0, 0.05) is 0 Å². The van der Waals surface area contributed by atoms with Crippen LogP contribution in [0.15, 0.2) is 48.5 Å². The van der Waals surface area contributed by atoms with Gasteiger partial charge >= 0.3 is 0 Å². The summed E-state index contributed by atoms with van der Waals surface area (Å²) >= 11 is 0. The van der Waals surface area contributed by atoms with E-state index in [-0.39, 0.29) is 11.9 Å². The van der Waals surface area contributed by atoms with Gasteiger partial charge < -0.3 is 14.8 Å². The van der Waals surface area contributed by atoms with Gasteiger partial charge in [-0.05, 0) is 43.7 Å². The Hall–Kier alpha value is -2.49. The second-order valence-corrected chi connectivity index (χ2v) is 4.90. The summed E-state index contributed by atoms with van der Waals surface area (Å²) in [6.07, 6.45) is 0. The molecule has 1 amide bonds. The Morgan fingerprint density at radius 2 is 1.82 bits per heavy atom. The fourth-order valence-electron chi connectivity index (χ4n) is 2.19. The molecule has 1 N–H and O–H groups in total. The molecule has 0 aliphatic carbocycles. The number of para-hydroxylation sites is 1. The molecule has 0 fully saturated rings. The first-order valence-electron chi connectivity index (χ1n) is 7.32. The number of rotatable bonds is 6. The molecule has 2 rings (SSSR count). The molecule has 1 atom stereocenters. The quantitative estimate of drug-likeness (QED) is 0.887. The average molecular weight is 299 g/mol. The molecule has 0 aliphatic heterocycles. The molecular formula is C18H21NO3. The Morgan fingerprint density at radius 3 is 2.45 bits per heavy atom. The molecule has 116 valence electrons. The van der Waals surface area contributed by atoms with Crippen molar-refractivity contribution in [2.45, 2.75) is 19.9 Å². The monoisotopic (exact) mass is 299 g/mol. The number of hydrogen-bond acceptors (Lipinski definition) is 3. The third kappa shape index (κ3) is 3.79. The number of benzene rings is 2. The zero-order valence-corrected chi connectivity index (χ0v) is 13.1. The number of ether oxygens (including phenoxy) is 2. The smallest absolute Gasteiger partial charge is 0.255 e. The molecule has 22 heavy (non-hydrogen) atoms. The van der Waals surface area contributed by atoms with Crippen LogP contribution in [0, 0.1) is 0 Å². The van der Waals surface area contributed by atoms with Gasteiger partial charge in [0.1, 0.15) is 11.5 Å². The Kier molecular flexibility index (Phi) is 5.42. The van der Waals surface area contributed by atoms with Gasteiger partial charge in [0.2, 0.25) is 0 Å². The molecule has 0 saturated carbocycles. The first-order chi connectivity index (χ1) is 10.7. The van der Waals surface area contributed by atoms with Crippen LogP contribution >= 0.6 is 0 Å². The number of methoxy groups -OCH3 is 1. The summed E-state index contributed by atoms with van der Waals surface area (Å²) in [6, 6.07) is 14.8. The molecule has 0 spiro atoms. The number of carbonyl (C=O) groups excluding carboxylic acids is 1. The molecule has 2 aromatic carbocycles. The van der Waals surface area contributed by atoms with Crippen LogP contribution in [-0.2, 0) is 0 Å². The molecule has 0 radical (unpaired) electrons. The Labute approximate surface area is 131 Å². The lowest BCUT2D eigenvalue weighted by atomic mass is 10.1. The van der Waals surface area contributed by atoms with Crippen molar-refractivity contribution in [2.24, 2.45) is 0 Å². The number of nitrogens with one attached hydrogen (secondary N) is 1. The van der Waals surface area contributed by atoms with Crippen LogP contribution < -0.4 is 14.8 Å². The molecule has 0 bridgehead atoms. The second kappa shape index (κ2) is 7.50. The summed E-state index contributed by atoms with van der Waals surface area (Å²) in [5.74, 6) is 1.25. The lowest BCUT2D eigenvalue weighted by molar-refractivity contribution is 0.0936. The highest BCUT2D eigenvalue weighted by Crippen LogP contribution is 2.21. The standard InChI is InChI=1S/C18H21NO3/c1-4-22-17-8-6-5-7-16(17)18(20)19-13(2)14-9-11-15(21-3)12-10-14/h5-13H,4H2,1-3H3,(H,19,20)/t13-/m1/s1. The normalized spacial score (nSPS) is 11.6. The number of amides is 1. The molecule has 0 unspecified atom stereocenters. The van der Waals surface area contributed by atoms with E-state index in [2.05, 4.69) is 5.32 Å². The summed E-state index contributed by atoms with van der Waals surface area (Å²) in [5, 5.41) is 2.99. The summed E-state index contributed by atoms with van der Waals surface area (Å²) in [5.41, 5.74) is 1.56. The van der Waals surface area contributed by atoms with Crippen LogP contribution in [-0.4, -0.2) is 19.6 Å². The minimum atomic E-state index is -0.146. The van der Waals surface area contributed by atoms with E-state index in [0.717, 1.165) is 11.3 Å². The Balaban J connectivity index is 2.10. The van der Waals surface area contributed by atoms with Gasteiger partial charge in [-0.25, -0.2) is 0 Å². The highest BCUT2D eigenvalue weighted by Gasteiger charge is 2.15. The van der Waals surface area contributed by atoms with Crippen LogP contribution in [0.1, 0.15) is 35.8 Å². The van der Waals surface area contributed by atoms with Gasteiger partial charge in [0.25, 0.3) is 5.91 Å². The fourth-order valence-corrected chi connectivity index (χ4v) is 2.19. The molecular weight excluding hydrogens is 278 g/mol. The van der Waals surface area contributed by atoms with Crippen molar-refractivity contribution in [2.75, 3.05) is 13.7 Å². The summed E-state index contributed by atoms with van der Waals surface area (Å²) in [6.45, 7) is 4.37. The molecule has 0 saturated heterocycles. The van der Waals surface area contributed by atoms with Crippen LogP contribution in [0.2, 0.25) is 0 Å². The van der Waals surface area contributed by atoms with Gasteiger partial charge in [0.05, 0.1) is 25.3 Å². The van der Waals surface area contributed by atoms with E-state index in [1.807, 2.05) is 50.2 Å². The van der Waals surface area contributed by atoms with Crippen LogP contribution in [0.3, 0.4) is 0 Å². The Bertz CT molecular complexity index is 622. The Morgan fingerprint density at radius 1 is 1.14 bits per heavy atom. The first-order valence-corrected chi connectivity index (χ1v) is 7.32. The van der Waals surface area contributed by atoms with Crippen molar-refractivity contribution in [3.63, 3.8) is 0 Å².